The Morgan fingerprint density at radius 1 is 1.62 bits per heavy atom. The molecular formula is C8H6BrN3O. The van der Waals surface area contributed by atoms with Gasteiger partial charge in [-0.25, -0.2) is 4.98 Å². The first-order valence-electron chi connectivity index (χ1n) is 3.61. The van der Waals surface area contributed by atoms with E-state index in [2.05, 4.69) is 25.9 Å². The van der Waals surface area contributed by atoms with Crippen LogP contribution < -0.4 is 5.73 Å². The Balaban J connectivity index is 2.88. The van der Waals surface area contributed by atoms with Gasteiger partial charge < -0.3 is 10.7 Å². The molecule has 2 heterocycles. The topological polar surface area (TPSA) is 71.8 Å². The summed E-state index contributed by atoms with van der Waals surface area (Å²) in [7, 11) is 0. The Morgan fingerprint density at radius 2 is 2.38 bits per heavy atom. The maximum absolute atomic E-state index is 11.1. The van der Waals surface area contributed by atoms with Gasteiger partial charge in [-0.05, 0) is 22.0 Å². The van der Waals surface area contributed by atoms with Gasteiger partial charge in [-0.15, -0.1) is 0 Å². The largest absolute Gasteiger partial charge is 0.366 e. The predicted octanol–water partition coefficient (Wildman–Crippen LogP) is 1.42. The number of halogens is 1. The molecule has 0 aliphatic heterocycles. The molecule has 0 unspecified atom stereocenters. The number of aromatic amines is 1. The summed E-state index contributed by atoms with van der Waals surface area (Å²) in [5.74, 6) is -0.459. The van der Waals surface area contributed by atoms with Crippen LogP contribution in [0.4, 0.5) is 0 Å². The van der Waals surface area contributed by atoms with Crippen LogP contribution in [0.25, 0.3) is 11.0 Å². The van der Waals surface area contributed by atoms with Gasteiger partial charge in [0.05, 0.1) is 5.56 Å². The zero-order chi connectivity index (χ0) is 9.42. The Labute approximate surface area is 82.3 Å². The van der Waals surface area contributed by atoms with Crippen LogP contribution in [0, 0.1) is 0 Å². The molecule has 0 radical (unpaired) electrons. The van der Waals surface area contributed by atoms with Crippen LogP contribution in [0.1, 0.15) is 10.4 Å². The van der Waals surface area contributed by atoms with Gasteiger partial charge in [0.2, 0.25) is 0 Å². The lowest BCUT2D eigenvalue weighted by molar-refractivity contribution is 0.100. The number of nitrogens with one attached hydrogen (secondary N) is 1. The minimum Gasteiger partial charge on any atom is -0.366 e. The molecule has 0 saturated heterocycles. The van der Waals surface area contributed by atoms with E-state index >= 15 is 0 Å². The minimum atomic E-state index is -0.459. The van der Waals surface area contributed by atoms with Crippen LogP contribution in [0.3, 0.4) is 0 Å². The molecule has 66 valence electrons. The summed E-state index contributed by atoms with van der Waals surface area (Å²) in [6.45, 7) is 0. The summed E-state index contributed by atoms with van der Waals surface area (Å²) in [5.41, 5.74) is 6.36. The molecular weight excluding hydrogens is 234 g/mol. The average Bonchev–Trinajstić information content (AvgIpc) is 2.50. The molecule has 2 aromatic rings. The lowest BCUT2D eigenvalue weighted by Gasteiger charge is -1.99. The van der Waals surface area contributed by atoms with Crippen LogP contribution in [0.15, 0.2) is 22.9 Å². The Kier molecular flexibility index (Phi) is 1.81. The number of aromatic nitrogens is 2. The van der Waals surface area contributed by atoms with Gasteiger partial charge in [0.25, 0.3) is 5.91 Å². The molecule has 0 saturated carbocycles. The maximum atomic E-state index is 11.1. The lowest BCUT2D eigenvalue weighted by atomic mass is 10.2. The van der Waals surface area contributed by atoms with E-state index in [0.29, 0.717) is 15.7 Å². The highest BCUT2D eigenvalue weighted by atomic mass is 79.9. The summed E-state index contributed by atoms with van der Waals surface area (Å²) in [5, 5.41) is 0.738. The number of pyridine rings is 1. The number of amides is 1. The molecule has 3 N–H and O–H groups in total. The van der Waals surface area contributed by atoms with E-state index in [1.165, 1.54) is 0 Å². The quantitative estimate of drug-likeness (QED) is 0.791. The van der Waals surface area contributed by atoms with Crippen molar-refractivity contribution in [2.24, 2.45) is 5.73 Å². The first kappa shape index (κ1) is 8.25. The molecule has 2 aromatic heterocycles. The van der Waals surface area contributed by atoms with Crippen molar-refractivity contribution in [3.63, 3.8) is 0 Å². The van der Waals surface area contributed by atoms with Gasteiger partial charge in [-0.1, -0.05) is 0 Å². The molecule has 0 atom stereocenters. The highest BCUT2D eigenvalue weighted by Gasteiger charge is 2.11. The molecule has 13 heavy (non-hydrogen) atoms. The number of rotatable bonds is 1. The third-order valence-electron chi connectivity index (χ3n) is 1.79. The normalized spacial score (nSPS) is 10.5. The van der Waals surface area contributed by atoms with Gasteiger partial charge in [0.15, 0.2) is 0 Å². The molecule has 0 bridgehead atoms. The second kappa shape index (κ2) is 2.85. The third kappa shape index (κ3) is 1.21. The minimum absolute atomic E-state index is 0.459. The standard InChI is InChI=1S/C8H6BrN3O/c9-5-3-12-8-4(1-2-11-8)6(5)7(10)13/h1-3H,(H2,10,13)(H,11,12). The van der Waals surface area contributed by atoms with Crippen molar-refractivity contribution in [3.8, 4) is 0 Å². The molecule has 0 aliphatic carbocycles. The lowest BCUT2D eigenvalue weighted by Crippen LogP contribution is -2.12. The highest BCUT2D eigenvalue weighted by Crippen LogP contribution is 2.23. The zero-order valence-electron chi connectivity index (χ0n) is 6.54. The third-order valence-corrected chi connectivity index (χ3v) is 2.39. The number of carbonyl (C=O) groups excluding carboxylic acids is 1. The molecule has 5 heteroatoms. The van der Waals surface area contributed by atoms with Crippen LogP contribution in [-0.2, 0) is 0 Å². The van der Waals surface area contributed by atoms with E-state index in [4.69, 9.17) is 5.73 Å². The van der Waals surface area contributed by atoms with Crippen molar-refractivity contribution >= 4 is 32.9 Å². The van der Waals surface area contributed by atoms with Gasteiger partial charge in [-0.3, -0.25) is 4.79 Å². The van der Waals surface area contributed by atoms with Gasteiger partial charge in [0, 0.05) is 22.3 Å². The molecule has 0 aromatic carbocycles. The molecule has 0 fully saturated rings. The first-order valence-corrected chi connectivity index (χ1v) is 4.41. The number of nitrogens with two attached hydrogens (primary N) is 1. The first-order chi connectivity index (χ1) is 6.20. The molecule has 0 aliphatic rings. The van der Waals surface area contributed by atoms with Gasteiger partial charge >= 0.3 is 0 Å². The van der Waals surface area contributed by atoms with E-state index in [0.717, 1.165) is 5.39 Å². The van der Waals surface area contributed by atoms with Gasteiger partial charge in [-0.2, -0.15) is 0 Å². The van der Waals surface area contributed by atoms with Crippen LogP contribution in [0.5, 0.6) is 0 Å². The number of hydrogen-bond donors (Lipinski definition) is 2. The molecule has 0 spiro atoms. The number of carbonyl (C=O) groups is 1. The Bertz CT molecular complexity index is 477. The SMILES string of the molecule is NC(=O)c1c(Br)cnc2[nH]ccc12. The van der Waals surface area contributed by atoms with Crippen molar-refractivity contribution in [1.29, 1.82) is 0 Å². The number of H-pyrrole nitrogens is 1. The fraction of sp³-hybridized carbons (Fsp3) is 0. The highest BCUT2D eigenvalue weighted by molar-refractivity contribution is 9.10. The zero-order valence-corrected chi connectivity index (χ0v) is 8.13. The van der Waals surface area contributed by atoms with E-state index in [-0.39, 0.29) is 0 Å². The summed E-state index contributed by atoms with van der Waals surface area (Å²) in [4.78, 5) is 18.1. The summed E-state index contributed by atoms with van der Waals surface area (Å²) in [6, 6.07) is 1.77. The number of fused-ring (bicyclic) bond motifs is 1. The maximum Gasteiger partial charge on any atom is 0.250 e. The van der Waals surface area contributed by atoms with Crippen molar-refractivity contribution in [3.05, 3.63) is 28.5 Å². The fourth-order valence-electron chi connectivity index (χ4n) is 1.23. The van der Waals surface area contributed by atoms with Crippen molar-refractivity contribution < 1.29 is 4.79 Å². The molecule has 1 amide bonds. The molecule has 2 rings (SSSR count). The van der Waals surface area contributed by atoms with Crippen LogP contribution >= 0.6 is 15.9 Å². The number of primary amides is 1. The smallest absolute Gasteiger partial charge is 0.250 e. The predicted molar refractivity (Wildman–Crippen MR) is 52.3 cm³/mol. The average molecular weight is 240 g/mol. The summed E-state index contributed by atoms with van der Waals surface area (Å²) < 4.78 is 0.618. The second-order valence-corrected chi connectivity index (χ2v) is 3.44. The number of nitrogens with zero attached hydrogens (tertiary/aromatic N) is 1. The van der Waals surface area contributed by atoms with E-state index < -0.39 is 5.91 Å². The van der Waals surface area contributed by atoms with E-state index in [1.54, 1.807) is 18.5 Å². The van der Waals surface area contributed by atoms with E-state index in [1.807, 2.05) is 0 Å². The van der Waals surface area contributed by atoms with Crippen LogP contribution in [-0.4, -0.2) is 15.9 Å². The van der Waals surface area contributed by atoms with Crippen molar-refractivity contribution in [2.75, 3.05) is 0 Å². The summed E-state index contributed by atoms with van der Waals surface area (Å²) in [6.07, 6.45) is 3.27. The monoisotopic (exact) mass is 239 g/mol. The van der Waals surface area contributed by atoms with E-state index in [9.17, 15) is 4.79 Å². The van der Waals surface area contributed by atoms with Gasteiger partial charge in [0.1, 0.15) is 5.65 Å². The number of hydrogen-bond acceptors (Lipinski definition) is 2. The summed E-state index contributed by atoms with van der Waals surface area (Å²) >= 11 is 3.23. The second-order valence-electron chi connectivity index (χ2n) is 2.59. The van der Waals surface area contributed by atoms with Crippen molar-refractivity contribution in [1.82, 2.24) is 9.97 Å². The van der Waals surface area contributed by atoms with Crippen LogP contribution in [0.2, 0.25) is 0 Å². The fourth-order valence-corrected chi connectivity index (χ4v) is 1.75. The molecule has 4 nitrogen and oxygen atoms in total. The Morgan fingerprint density at radius 3 is 3.08 bits per heavy atom. The Hall–Kier alpha value is -1.36. The van der Waals surface area contributed by atoms with Crippen molar-refractivity contribution in [2.45, 2.75) is 0 Å².